The standard InChI is InChI=1S/C40H52N4O5S/c1-2-3-16-47-36-25-31(26-37(48-19-6-14-43)40(36)49-20-7-15-44)29-9-11-39-35(24-29)34-23-28(8-10-38(34)50-39)30-21-32(45-17-4-12-41)27-33(22-30)46-18-5-13-42/h8-11,21-27H,2-7,12-20,41-44H2,1H3. The number of nitrogens with two attached hydrogens (primary N) is 4. The highest BCUT2D eigenvalue weighted by molar-refractivity contribution is 7.25. The predicted molar refractivity (Wildman–Crippen MR) is 207 cm³/mol. The van der Waals surface area contributed by atoms with Crippen molar-refractivity contribution in [2.24, 2.45) is 22.9 Å². The van der Waals surface area contributed by atoms with E-state index in [0.717, 1.165) is 72.3 Å². The van der Waals surface area contributed by atoms with Crippen molar-refractivity contribution >= 4 is 31.5 Å². The normalized spacial score (nSPS) is 11.3. The number of hydrogen-bond donors (Lipinski definition) is 4. The van der Waals surface area contributed by atoms with E-state index < -0.39 is 0 Å². The maximum absolute atomic E-state index is 6.31. The van der Waals surface area contributed by atoms with Gasteiger partial charge >= 0.3 is 0 Å². The molecule has 1 aromatic heterocycles. The second kappa shape index (κ2) is 19.4. The summed E-state index contributed by atoms with van der Waals surface area (Å²) in [4.78, 5) is 0. The molecule has 5 rings (SSSR count). The largest absolute Gasteiger partial charge is 0.493 e. The molecular weight excluding hydrogens is 649 g/mol. The molecule has 0 aliphatic rings. The maximum Gasteiger partial charge on any atom is 0.203 e. The maximum atomic E-state index is 6.31. The van der Waals surface area contributed by atoms with Gasteiger partial charge in [0.25, 0.3) is 0 Å². The third-order valence-corrected chi connectivity index (χ3v) is 9.38. The summed E-state index contributed by atoms with van der Waals surface area (Å²) in [5.74, 6) is 3.45. The lowest BCUT2D eigenvalue weighted by molar-refractivity contribution is 0.239. The summed E-state index contributed by atoms with van der Waals surface area (Å²) in [6.45, 7) is 7.03. The van der Waals surface area contributed by atoms with Gasteiger partial charge in [-0.3, -0.25) is 0 Å². The summed E-state index contributed by atoms with van der Waals surface area (Å²) in [6, 6.07) is 23.4. The van der Waals surface area contributed by atoms with Gasteiger partial charge in [0, 0.05) is 26.2 Å². The Labute approximate surface area is 299 Å². The smallest absolute Gasteiger partial charge is 0.203 e. The van der Waals surface area contributed by atoms with Crippen molar-refractivity contribution in [2.75, 3.05) is 59.2 Å². The zero-order chi connectivity index (χ0) is 35.1. The van der Waals surface area contributed by atoms with Crippen molar-refractivity contribution in [2.45, 2.75) is 45.4 Å². The van der Waals surface area contributed by atoms with E-state index in [1.165, 1.54) is 20.2 Å². The molecule has 0 spiro atoms. The average molecular weight is 701 g/mol. The van der Waals surface area contributed by atoms with Crippen LogP contribution in [0.5, 0.6) is 28.7 Å². The summed E-state index contributed by atoms with van der Waals surface area (Å²) in [7, 11) is 0. The Morgan fingerprint density at radius 3 is 1.38 bits per heavy atom. The third kappa shape index (κ3) is 9.80. The van der Waals surface area contributed by atoms with Crippen LogP contribution in [-0.4, -0.2) is 59.2 Å². The first kappa shape index (κ1) is 37.2. The first-order valence-corrected chi connectivity index (χ1v) is 18.6. The average Bonchev–Trinajstić information content (AvgIpc) is 3.50. The Bertz CT molecular complexity index is 1750. The fraction of sp³-hybridized carbons (Fsp3) is 0.400. The molecule has 9 nitrogen and oxygen atoms in total. The van der Waals surface area contributed by atoms with E-state index in [0.29, 0.717) is 76.5 Å². The molecule has 0 unspecified atom stereocenters. The SMILES string of the molecule is CCCCOc1cc(-c2ccc3sc4ccc(-c5cc(OCCCN)cc(OCCCN)c5)cc4c3c2)cc(OCCCN)c1OCCCN. The lowest BCUT2D eigenvalue weighted by Crippen LogP contribution is -2.10. The Morgan fingerprint density at radius 2 is 0.900 bits per heavy atom. The number of hydrogen-bond acceptors (Lipinski definition) is 10. The van der Waals surface area contributed by atoms with Gasteiger partial charge in [-0.1, -0.05) is 25.5 Å². The summed E-state index contributed by atoms with van der Waals surface area (Å²) in [5, 5.41) is 2.37. The zero-order valence-electron chi connectivity index (χ0n) is 29.2. The molecule has 268 valence electrons. The lowest BCUT2D eigenvalue weighted by atomic mass is 9.99. The van der Waals surface area contributed by atoms with E-state index in [1.807, 2.05) is 12.1 Å². The second-order valence-corrected chi connectivity index (χ2v) is 13.3. The van der Waals surface area contributed by atoms with E-state index in [2.05, 4.69) is 61.5 Å². The fourth-order valence-electron chi connectivity index (χ4n) is 5.54. The first-order valence-electron chi connectivity index (χ1n) is 17.8. The molecule has 0 aliphatic carbocycles. The number of unbranched alkanes of at least 4 members (excludes halogenated alkanes) is 1. The molecule has 4 aromatic carbocycles. The van der Waals surface area contributed by atoms with Gasteiger partial charge in [0.1, 0.15) is 11.5 Å². The zero-order valence-corrected chi connectivity index (χ0v) is 30.0. The predicted octanol–water partition coefficient (Wildman–Crippen LogP) is 7.48. The Hall–Kier alpha value is -4.06. The first-order chi connectivity index (χ1) is 24.6. The third-order valence-electron chi connectivity index (χ3n) is 8.23. The molecule has 0 amide bonds. The van der Waals surface area contributed by atoms with Crippen molar-refractivity contribution in [3.63, 3.8) is 0 Å². The molecule has 8 N–H and O–H groups in total. The molecule has 5 aromatic rings. The Kier molecular flexibility index (Phi) is 14.4. The van der Waals surface area contributed by atoms with Crippen molar-refractivity contribution in [1.82, 2.24) is 0 Å². The van der Waals surface area contributed by atoms with Gasteiger partial charge in [0.15, 0.2) is 11.5 Å². The van der Waals surface area contributed by atoms with Crippen LogP contribution < -0.4 is 46.6 Å². The van der Waals surface area contributed by atoms with Crippen LogP contribution in [0.1, 0.15) is 45.4 Å². The van der Waals surface area contributed by atoms with Crippen LogP contribution in [0.15, 0.2) is 66.7 Å². The van der Waals surface area contributed by atoms with Crippen molar-refractivity contribution < 1.29 is 23.7 Å². The monoisotopic (exact) mass is 700 g/mol. The van der Waals surface area contributed by atoms with E-state index in [1.54, 1.807) is 11.3 Å². The number of rotatable bonds is 22. The molecule has 0 radical (unpaired) electrons. The van der Waals surface area contributed by atoms with Crippen LogP contribution in [0.25, 0.3) is 42.4 Å². The number of fused-ring (bicyclic) bond motifs is 3. The van der Waals surface area contributed by atoms with Gasteiger partial charge in [0.2, 0.25) is 5.75 Å². The molecular formula is C40H52N4O5S. The van der Waals surface area contributed by atoms with Crippen molar-refractivity contribution in [1.29, 1.82) is 0 Å². The topological polar surface area (TPSA) is 150 Å². The van der Waals surface area contributed by atoms with Gasteiger partial charge in [-0.15, -0.1) is 11.3 Å². The minimum absolute atomic E-state index is 0.479. The van der Waals surface area contributed by atoms with Gasteiger partial charge in [0.05, 0.1) is 33.0 Å². The minimum atomic E-state index is 0.479. The van der Waals surface area contributed by atoms with E-state index >= 15 is 0 Å². The summed E-state index contributed by atoms with van der Waals surface area (Å²) in [5.41, 5.74) is 27.1. The highest BCUT2D eigenvalue weighted by Gasteiger charge is 2.18. The van der Waals surface area contributed by atoms with Crippen LogP contribution in [0.2, 0.25) is 0 Å². The van der Waals surface area contributed by atoms with Crippen LogP contribution in [0, 0.1) is 0 Å². The molecule has 50 heavy (non-hydrogen) atoms. The summed E-state index contributed by atoms with van der Waals surface area (Å²) < 4.78 is 33.3. The number of thiophene rings is 1. The van der Waals surface area contributed by atoms with Crippen LogP contribution in [-0.2, 0) is 0 Å². The summed E-state index contributed by atoms with van der Waals surface area (Å²) >= 11 is 1.79. The Morgan fingerprint density at radius 1 is 0.460 bits per heavy atom. The minimum Gasteiger partial charge on any atom is -0.493 e. The van der Waals surface area contributed by atoms with Gasteiger partial charge in [-0.25, -0.2) is 0 Å². The molecule has 0 bridgehead atoms. The number of ether oxygens (including phenoxy) is 5. The highest BCUT2D eigenvalue weighted by Crippen LogP contribution is 2.44. The van der Waals surface area contributed by atoms with Crippen molar-refractivity contribution in [3.8, 4) is 51.0 Å². The van der Waals surface area contributed by atoms with E-state index in [4.69, 9.17) is 46.6 Å². The highest BCUT2D eigenvalue weighted by atomic mass is 32.1. The van der Waals surface area contributed by atoms with Crippen molar-refractivity contribution in [3.05, 3.63) is 66.7 Å². The number of benzene rings is 4. The second-order valence-electron chi connectivity index (χ2n) is 12.2. The van der Waals surface area contributed by atoms with E-state index in [-0.39, 0.29) is 0 Å². The van der Waals surface area contributed by atoms with Gasteiger partial charge in [-0.05, 0) is 129 Å². The van der Waals surface area contributed by atoms with Gasteiger partial charge < -0.3 is 46.6 Å². The molecule has 0 fully saturated rings. The molecule has 0 aliphatic heterocycles. The van der Waals surface area contributed by atoms with Crippen LogP contribution in [0.4, 0.5) is 0 Å². The van der Waals surface area contributed by atoms with Crippen LogP contribution in [0.3, 0.4) is 0 Å². The Balaban J connectivity index is 1.55. The quantitative estimate of drug-likeness (QED) is 0.0539. The molecule has 1 heterocycles. The molecule has 0 saturated carbocycles. The van der Waals surface area contributed by atoms with E-state index in [9.17, 15) is 0 Å². The molecule has 0 saturated heterocycles. The summed E-state index contributed by atoms with van der Waals surface area (Å²) in [6.07, 6.45) is 4.99. The fourth-order valence-corrected chi connectivity index (χ4v) is 6.60. The molecule has 0 atom stereocenters. The molecule has 10 heteroatoms. The lowest BCUT2D eigenvalue weighted by Gasteiger charge is -2.19. The van der Waals surface area contributed by atoms with Gasteiger partial charge in [-0.2, -0.15) is 0 Å². The van der Waals surface area contributed by atoms with Crippen LogP contribution >= 0.6 is 11.3 Å².